The summed E-state index contributed by atoms with van der Waals surface area (Å²) in [7, 11) is 0. The van der Waals surface area contributed by atoms with Crippen molar-refractivity contribution in [1.29, 1.82) is 0 Å². The van der Waals surface area contributed by atoms with E-state index in [4.69, 9.17) is 4.74 Å². The zero-order valence-electron chi connectivity index (χ0n) is 13.0. The molecule has 1 fully saturated rings. The average Bonchev–Trinajstić information content (AvgIpc) is 2.90. The number of amides is 1. The Kier molecular flexibility index (Phi) is 5.87. The van der Waals surface area contributed by atoms with E-state index in [0.29, 0.717) is 19.4 Å². The van der Waals surface area contributed by atoms with Crippen LogP contribution in [-0.2, 0) is 11.2 Å². The Morgan fingerprint density at radius 1 is 1.30 bits per heavy atom. The zero-order valence-corrected chi connectivity index (χ0v) is 13.0. The minimum atomic E-state index is -4.35. The number of hydrogen-bond donors (Lipinski definition) is 1. The predicted octanol–water partition coefficient (Wildman–Crippen LogP) is 3.08. The van der Waals surface area contributed by atoms with Gasteiger partial charge in [-0.1, -0.05) is 12.1 Å². The van der Waals surface area contributed by atoms with Gasteiger partial charge >= 0.3 is 6.18 Å². The Hall–Kier alpha value is -1.76. The Bertz CT molecular complexity index is 517. The van der Waals surface area contributed by atoms with Crippen LogP contribution in [0.15, 0.2) is 24.3 Å². The molecule has 0 spiro atoms. The molecule has 1 atom stereocenters. The minimum Gasteiger partial charge on any atom is -0.494 e. The Morgan fingerprint density at radius 2 is 2.00 bits per heavy atom. The molecule has 1 N–H and O–H groups in total. The summed E-state index contributed by atoms with van der Waals surface area (Å²) in [5, 5.41) is 1.01. The molecule has 0 radical (unpaired) electrons. The molecule has 0 aliphatic carbocycles. The van der Waals surface area contributed by atoms with Gasteiger partial charge < -0.3 is 4.74 Å². The molecule has 0 saturated carbocycles. The molecule has 0 bridgehead atoms. The van der Waals surface area contributed by atoms with Crippen LogP contribution in [-0.4, -0.2) is 36.3 Å². The lowest BCUT2D eigenvalue weighted by atomic mass is 10.0. The molecule has 1 aromatic carbocycles. The van der Waals surface area contributed by atoms with Crippen LogP contribution >= 0.6 is 0 Å². The van der Waals surface area contributed by atoms with Gasteiger partial charge in [-0.15, -0.1) is 0 Å². The van der Waals surface area contributed by atoms with Gasteiger partial charge in [0.15, 0.2) is 0 Å². The molecule has 4 nitrogen and oxygen atoms in total. The van der Waals surface area contributed by atoms with Crippen LogP contribution in [0.4, 0.5) is 13.2 Å². The van der Waals surface area contributed by atoms with Crippen molar-refractivity contribution in [3.05, 3.63) is 29.8 Å². The fraction of sp³-hybridized carbons (Fsp3) is 0.562. The van der Waals surface area contributed by atoms with Gasteiger partial charge in [0.05, 0.1) is 6.61 Å². The van der Waals surface area contributed by atoms with E-state index in [2.05, 4.69) is 5.43 Å². The number of nitrogens with zero attached hydrogens (tertiary/aromatic N) is 1. The predicted molar refractivity (Wildman–Crippen MR) is 79.9 cm³/mol. The highest BCUT2D eigenvalue weighted by atomic mass is 19.4. The van der Waals surface area contributed by atoms with Crippen LogP contribution in [0.3, 0.4) is 0 Å². The van der Waals surface area contributed by atoms with Crippen LogP contribution in [0.2, 0.25) is 0 Å². The largest absolute Gasteiger partial charge is 0.494 e. The number of benzene rings is 1. The zero-order chi connectivity index (χ0) is 16.9. The van der Waals surface area contributed by atoms with Gasteiger partial charge in [-0.2, -0.15) is 13.2 Å². The molecule has 1 heterocycles. The molecule has 2 rings (SSSR count). The summed E-state index contributed by atoms with van der Waals surface area (Å²) in [6.45, 7) is 2.57. The van der Waals surface area contributed by atoms with Crippen molar-refractivity contribution >= 4 is 5.91 Å². The number of alkyl halides is 3. The van der Waals surface area contributed by atoms with E-state index in [9.17, 15) is 18.0 Å². The van der Waals surface area contributed by atoms with E-state index in [1.165, 1.54) is 0 Å². The summed E-state index contributed by atoms with van der Waals surface area (Å²) in [6, 6.07) is 5.74. The number of aryl methyl sites for hydroxylation is 1. The van der Waals surface area contributed by atoms with E-state index in [-0.39, 0.29) is 25.3 Å². The van der Waals surface area contributed by atoms with Gasteiger partial charge in [0.1, 0.15) is 11.8 Å². The van der Waals surface area contributed by atoms with Crippen molar-refractivity contribution in [2.45, 2.75) is 44.8 Å². The Morgan fingerprint density at radius 3 is 2.52 bits per heavy atom. The van der Waals surface area contributed by atoms with Crippen LogP contribution < -0.4 is 10.2 Å². The maximum absolute atomic E-state index is 13.2. The lowest BCUT2D eigenvalue weighted by Gasteiger charge is -2.28. The first-order valence-corrected chi connectivity index (χ1v) is 7.74. The fourth-order valence-electron chi connectivity index (χ4n) is 2.64. The molecule has 1 aliphatic rings. The first kappa shape index (κ1) is 17.6. The van der Waals surface area contributed by atoms with Crippen molar-refractivity contribution in [3.8, 4) is 5.75 Å². The van der Waals surface area contributed by atoms with E-state index in [0.717, 1.165) is 16.3 Å². The second-order valence-electron chi connectivity index (χ2n) is 5.50. The van der Waals surface area contributed by atoms with Gasteiger partial charge in [0, 0.05) is 13.0 Å². The van der Waals surface area contributed by atoms with Crippen LogP contribution in [0.5, 0.6) is 5.75 Å². The summed E-state index contributed by atoms with van der Waals surface area (Å²) >= 11 is 0. The van der Waals surface area contributed by atoms with Gasteiger partial charge in [0.25, 0.3) is 0 Å². The second kappa shape index (κ2) is 7.68. The number of nitrogens with one attached hydrogen (secondary N) is 1. The molecule has 128 valence electrons. The van der Waals surface area contributed by atoms with Crippen molar-refractivity contribution in [2.75, 3.05) is 13.2 Å². The summed E-state index contributed by atoms with van der Waals surface area (Å²) in [6.07, 6.45) is -3.33. The summed E-state index contributed by atoms with van der Waals surface area (Å²) in [4.78, 5) is 11.1. The van der Waals surface area contributed by atoms with Crippen LogP contribution in [0, 0.1) is 0 Å². The van der Waals surface area contributed by atoms with Crippen LogP contribution in [0.1, 0.15) is 31.7 Å². The number of hydrazine groups is 1. The maximum Gasteiger partial charge on any atom is 0.405 e. The molecule has 1 aliphatic heterocycles. The van der Waals surface area contributed by atoms with Gasteiger partial charge in [-0.05, 0) is 43.9 Å². The smallest absolute Gasteiger partial charge is 0.405 e. The molecular formula is C16H21F3N2O2. The number of ether oxygens (including phenoxy) is 1. The number of carbonyl (C=O) groups excluding carboxylic acids is 1. The van der Waals surface area contributed by atoms with Gasteiger partial charge in [-0.3, -0.25) is 10.2 Å². The normalized spacial score (nSPS) is 17.1. The molecular weight excluding hydrogens is 309 g/mol. The monoisotopic (exact) mass is 330 g/mol. The third kappa shape index (κ3) is 5.13. The maximum atomic E-state index is 13.2. The standard InChI is InChI=1S/C16H21F3N2O2/c1-2-23-13-8-6-12(7-9-13)4-3-5-14(16(17,18)19)21-11-10-15(22)20-21/h6-9,14H,2-5,10-11H2,1H3,(H,20,22)/t14-/m0/s1. The lowest BCUT2D eigenvalue weighted by Crippen LogP contribution is -2.49. The molecule has 23 heavy (non-hydrogen) atoms. The third-order valence-electron chi connectivity index (χ3n) is 3.78. The minimum absolute atomic E-state index is 0.0447. The highest BCUT2D eigenvalue weighted by molar-refractivity contribution is 5.77. The van der Waals surface area contributed by atoms with Gasteiger partial charge in [-0.25, -0.2) is 5.01 Å². The number of halogens is 3. The quantitative estimate of drug-likeness (QED) is 0.835. The molecule has 0 aromatic heterocycles. The van der Waals surface area contributed by atoms with Crippen molar-refractivity contribution in [2.24, 2.45) is 0 Å². The average molecular weight is 330 g/mol. The topological polar surface area (TPSA) is 41.6 Å². The van der Waals surface area contributed by atoms with Crippen molar-refractivity contribution < 1.29 is 22.7 Å². The molecule has 1 saturated heterocycles. The summed E-state index contributed by atoms with van der Waals surface area (Å²) < 4.78 is 44.8. The summed E-state index contributed by atoms with van der Waals surface area (Å²) in [5.74, 6) is 0.398. The van der Waals surface area contributed by atoms with Crippen molar-refractivity contribution in [1.82, 2.24) is 10.4 Å². The SMILES string of the molecule is CCOc1ccc(CCC[C@H](N2CCC(=O)N2)C(F)(F)F)cc1. The van der Waals surface area contributed by atoms with E-state index in [1.807, 2.05) is 31.2 Å². The first-order chi connectivity index (χ1) is 10.9. The van der Waals surface area contributed by atoms with Crippen molar-refractivity contribution in [3.63, 3.8) is 0 Å². The third-order valence-corrected chi connectivity index (χ3v) is 3.78. The fourth-order valence-corrected chi connectivity index (χ4v) is 2.64. The van der Waals surface area contributed by atoms with E-state index >= 15 is 0 Å². The second-order valence-corrected chi connectivity index (χ2v) is 5.50. The highest BCUT2D eigenvalue weighted by Crippen LogP contribution is 2.29. The van der Waals surface area contributed by atoms with Gasteiger partial charge in [0.2, 0.25) is 5.91 Å². The number of hydrogen-bond acceptors (Lipinski definition) is 3. The number of rotatable bonds is 7. The molecule has 1 aromatic rings. The Labute approximate surface area is 133 Å². The molecule has 0 unspecified atom stereocenters. The highest BCUT2D eigenvalue weighted by Gasteiger charge is 2.45. The lowest BCUT2D eigenvalue weighted by molar-refractivity contribution is -0.190. The van der Waals surface area contributed by atoms with E-state index in [1.54, 1.807) is 0 Å². The number of carbonyl (C=O) groups is 1. The van der Waals surface area contributed by atoms with Crippen LogP contribution in [0.25, 0.3) is 0 Å². The molecule has 7 heteroatoms. The van der Waals surface area contributed by atoms with E-state index < -0.39 is 12.2 Å². The molecule has 1 amide bonds. The first-order valence-electron chi connectivity index (χ1n) is 7.74. The Balaban J connectivity index is 1.87. The summed E-state index contributed by atoms with van der Waals surface area (Å²) in [5.41, 5.74) is 3.26.